The number of hydrogen-bond acceptors (Lipinski definition) is 4. The maximum Gasteiger partial charge on any atom is 0.241 e. The van der Waals surface area contributed by atoms with Crippen molar-refractivity contribution in [1.29, 1.82) is 0 Å². The third-order valence-electron chi connectivity index (χ3n) is 2.86. The first-order valence-electron chi connectivity index (χ1n) is 6.00. The van der Waals surface area contributed by atoms with E-state index in [9.17, 15) is 8.42 Å². The summed E-state index contributed by atoms with van der Waals surface area (Å²) in [5, 5.41) is 9.26. The lowest BCUT2D eigenvalue weighted by Gasteiger charge is -2.13. The lowest BCUT2D eigenvalue weighted by molar-refractivity contribution is 0.282. The summed E-state index contributed by atoms with van der Waals surface area (Å²) in [6, 6.07) is 7.33. The van der Waals surface area contributed by atoms with Gasteiger partial charge in [-0.05, 0) is 36.8 Å². The van der Waals surface area contributed by atoms with E-state index in [1.165, 1.54) is 29.5 Å². The number of sulfonamides is 1. The zero-order chi connectivity index (χ0) is 15.6. The average molecular weight is 366 g/mol. The van der Waals surface area contributed by atoms with Crippen molar-refractivity contribution in [3.05, 3.63) is 50.1 Å². The van der Waals surface area contributed by atoms with Gasteiger partial charge in [-0.3, -0.25) is 0 Å². The van der Waals surface area contributed by atoms with Crippen molar-refractivity contribution in [3.63, 3.8) is 0 Å². The Kier molecular flexibility index (Phi) is 5.29. The van der Waals surface area contributed by atoms with Crippen LogP contribution in [0.4, 0.5) is 0 Å². The van der Waals surface area contributed by atoms with Crippen LogP contribution in [0.25, 0.3) is 0 Å². The lowest BCUT2D eigenvalue weighted by atomic mass is 10.2. The van der Waals surface area contributed by atoms with Gasteiger partial charge in [0.25, 0.3) is 0 Å². The Labute approximate surface area is 137 Å². The van der Waals surface area contributed by atoms with E-state index >= 15 is 0 Å². The van der Waals surface area contributed by atoms with Crippen LogP contribution in [-0.4, -0.2) is 13.5 Å². The van der Waals surface area contributed by atoms with Crippen molar-refractivity contribution in [1.82, 2.24) is 4.72 Å². The van der Waals surface area contributed by atoms with E-state index in [2.05, 4.69) is 4.72 Å². The van der Waals surface area contributed by atoms with E-state index in [4.69, 9.17) is 28.3 Å². The minimum atomic E-state index is -3.70. The quantitative estimate of drug-likeness (QED) is 0.850. The molecule has 0 radical (unpaired) electrons. The number of aliphatic hydroxyl groups excluding tert-OH is 1. The zero-order valence-corrected chi connectivity index (χ0v) is 14.2. The monoisotopic (exact) mass is 365 g/mol. The van der Waals surface area contributed by atoms with Crippen molar-refractivity contribution in [2.75, 3.05) is 0 Å². The van der Waals surface area contributed by atoms with Gasteiger partial charge in [0.05, 0.1) is 21.9 Å². The molecule has 0 aliphatic rings. The van der Waals surface area contributed by atoms with Crippen LogP contribution in [0.2, 0.25) is 9.36 Å². The molecule has 0 fully saturated rings. The Bertz CT molecular complexity index is 744. The Balaban J connectivity index is 2.24. The molecule has 0 aliphatic carbocycles. The molecule has 2 aromatic rings. The summed E-state index contributed by atoms with van der Waals surface area (Å²) in [6.45, 7) is 1.50. The van der Waals surface area contributed by atoms with E-state index < -0.39 is 16.1 Å². The smallest absolute Gasteiger partial charge is 0.241 e. The SMILES string of the molecule is CC(NS(=O)(=O)c1ccc(CO)c(Cl)c1)c1ccc(Cl)s1. The number of aliphatic hydroxyl groups is 1. The van der Waals surface area contributed by atoms with Crippen molar-refractivity contribution in [2.24, 2.45) is 0 Å². The molecule has 114 valence electrons. The molecule has 0 bridgehead atoms. The van der Waals surface area contributed by atoms with Crippen LogP contribution in [-0.2, 0) is 16.6 Å². The summed E-state index contributed by atoms with van der Waals surface area (Å²) in [7, 11) is -3.70. The Morgan fingerprint density at radius 3 is 2.52 bits per heavy atom. The average Bonchev–Trinajstić information content (AvgIpc) is 2.85. The lowest BCUT2D eigenvalue weighted by Crippen LogP contribution is -2.26. The molecule has 0 aliphatic heterocycles. The van der Waals surface area contributed by atoms with Gasteiger partial charge < -0.3 is 5.11 Å². The topological polar surface area (TPSA) is 66.4 Å². The van der Waals surface area contributed by atoms with E-state index in [1.807, 2.05) is 0 Å². The summed E-state index contributed by atoms with van der Waals surface area (Å²) in [5.74, 6) is 0. The van der Waals surface area contributed by atoms with Gasteiger partial charge in [0.2, 0.25) is 10.0 Å². The van der Waals surface area contributed by atoms with Crippen LogP contribution in [0.1, 0.15) is 23.4 Å². The molecule has 21 heavy (non-hydrogen) atoms. The Hall–Kier alpha value is -0.630. The summed E-state index contributed by atoms with van der Waals surface area (Å²) in [5.41, 5.74) is 0.480. The molecule has 1 aromatic carbocycles. The summed E-state index contributed by atoms with van der Waals surface area (Å²) in [4.78, 5) is 0.876. The fraction of sp³-hybridized carbons (Fsp3) is 0.231. The fourth-order valence-electron chi connectivity index (χ4n) is 1.74. The molecule has 1 aromatic heterocycles. The molecule has 2 N–H and O–H groups in total. The van der Waals surface area contributed by atoms with Crippen molar-refractivity contribution in [3.8, 4) is 0 Å². The Morgan fingerprint density at radius 1 is 1.29 bits per heavy atom. The van der Waals surface area contributed by atoms with Crippen LogP contribution in [0.15, 0.2) is 35.2 Å². The molecule has 8 heteroatoms. The first-order chi connectivity index (χ1) is 9.83. The molecular formula is C13H13Cl2NO3S2. The number of hydrogen-bond donors (Lipinski definition) is 2. The van der Waals surface area contributed by atoms with Gasteiger partial charge >= 0.3 is 0 Å². The molecule has 1 unspecified atom stereocenters. The number of thiophene rings is 1. The second kappa shape index (κ2) is 6.64. The van der Waals surface area contributed by atoms with Crippen molar-refractivity contribution in [2.45, 2.75) is 24.5 Å². The van der Waals surface area contributed by atoms with Crippen LogP contribution >= 0.6 is 34.5 Å². The summed E-state index contributed by atoms with van der Waals surface area (Å²) >= 11 is 13.1. The van der Waals surface area contributed by atoms with E-state index in [1.54, 1.807) is 19.1 Å². The maximum atomic E-state index is 12.3. The highest BCUT2D eigenvalue weighted by Gasteiger charge is 2.20. The highest BCUT2D eigenvalue weighted by Crippen LogP contribution is 2.28. The highest BCUT2D eigenvalue weighted by molar-refractivity contribution is 7.89. The van der Waals surface area contributed by atoms with Gasteiger partial charge in [0.1, 0.15) is 0 Å². The third-order valence-corrected chi connectivity index (χ3v) is 6.16. The molecule has 0 amide bonds. The number of rotatable bonds is 5. The number of halogens is 2. The minimum Gasteiger partial charge on any atom is -0.392 e. The molecule has 0 spiro atoms. The second-order valence-electron chi connectivity index (χ2n) is 4.40. The zero-order valence-electron chi connectivity index (χ0n) is 11.0. The van der Waals surface area contributed by atoms with Gasteiger partial charge in [-0.2, -0.15) is 0 Å². The maximum absolute atomic E-state index is 12.3. The van der Waals surface area contributed by atoms with Crippen LogP contribution < -0.4 is 4.72 Å². The number of benzene rings is 1. The molecule has 2 rings (SSSR count). The predicted molar refractivity (Wildman–Crippen MR) is 85.4 cm³/mol. The standard InChI is InChI=1S/C13H13Cl2NO3S2/c1-8(12-4-5-13(15)20-12)16-21(18,19)10-3-2-9(7-17)11(14)6-10/h2-6,8,16-17H,7H2,1H3. The molecular weight excluding hydrogens is 353 g/mol. The van der Waals surface area contributed by atoms with E-state index in [0.29, 0.717) is 9.90 Å². The van der Waals surface area contributed by atoms with Gasteiger partial charge in [-0.1, -0.05) is 29.3 Å². The molecule has 1 heterocycles. The van der Waals surface area contributed by atoms with Crippen molar-refractivity contribution < 1.29 is 13.5 Å². The van der Waals surface area contributed by atoms with Gasteiger partial charge in [-0.15, -0.1) is 11.3 Å². The minimum absolute atomic E-state index is 0.0548. The largest absolute Gasteiger partial charge is 0.392 e. The van der Waals surface area contributed by atoms with Gasteiger partial charge in [0.15, 0.2) is 0 Å². The van der Waals surface area contributed by atoms with Gasteiger partial charge in [0, 0.05) is 9.90 Å². The van der Waals surface area contributed by atoms with Crippen LogP contribution in [0, 0.1) is 0 Å². The van der Waals surface area contributed by atoms with Crippen molar-refractivity contribution >= 4 is 44.6 Å². The molecule has 0 saturated carbocycles. The molecule has 0 saturated heterocycles. The van der Waals surface area contributed by atoms with Crippen LogP contribution in [0.3, 0.4) is 0 Å². The predicted octanol–water partition coefficient (Wildman–Crippen LogP) is 3.59. The number of nitrogens with one attached hydrogen (secondary N) is 1. The molecule has 4 nitrogen and oxygen atoms in total. The highest BCUT2D eigenvalue weighted by atomic mass is 35.5. The van der Waals surface area contributed by atoms with Gasteiger partial charge in [-0.25, -0.2) is 13.1 Å². The second-order valence-corrected chi connectivity index (χ2v) is 8.26. The summed E-state index contributed by atoms with van der Waals surface area (Å²) in [6.07, 6.45) is 0. The first kappa shape index (κ1) is 16.7. The first-order valence-corrected chi connectivity index (χ1v) is 9.06. The normalized spacial score (nSPS) is 13.3. The van der Waals surface area contributed by atoms with E-state index in [-0.39, 0.29) is 16.5 Å². The third kappa shape index (κ3) is 3.97. The summed E-state index contributed by atoms with van der Waals surface area (Å²) < 4.78 is 27.8. The van der Waals surface area contributed by atoms with Crippen LogP contribution in [0.5, 0.6) is 0 Å². The Morgan fingerprint density at radius 2 is 2.00 bits per heavy atom. The molecule has 1 atom stereocenters. The van der Waals surface area contributed by atoms with E-state index in [0.717, 1.165) is 4.88 Å². The fourth-order valence-corrected chi connectivity index (χ4v) is 4.43.